The van der Waals surface area contributed by atoms with Gasteiger partial charge in [0, 0.05) is 32.4 Å². The van der Waals surface area contributed by atoms with Crippen LogP contribution < -0.4 is 4.90 Å². The molecule has 152 valence electrons. The van der Waals surface area contributed by atoms with Crippen molar-refractivity contribution in [2.45, 2.75) is 32.9 Å². The van der Waals surface area contributed by atoms with Gasteiger partial charge in [-0.25, -0.2) is 0 Å². The molecule has 1 aliphatic heterocycles. The third-order valence-electron chi connectivity index (χ3n) is 4.98. The van der Waals surface area contributed by atoms with Gasteiger partial charge in [0.15, 0.2) is 11.5 Å². The quantitative estimate of drug-likeness (QED) is 0.777. The molecule has 1 amide bonds. The van der Waals surface area contributed by atoms with E-state index in [1.54, 1.807) is 12.3 Å². The zero-order valence-electron chi connectivity index (χ0n) is 17.3. The molecule has 1 atom stereocenters. The molecule has 1 aromatic carbocycles. The van der Waals surface area contributed by atoms with E-state index in [1.165, 1.54) is 4.90 Å². The van der Waals surface area contributed by atoms with Crippen LogP contribution in [0.2, 0.25) is 0 Å². The van der Waals surface area contributed by atoms with Crippen molar-refractivity contribution in [3.63, 3.8) is 0 Å². The molecule has 3 rings (SSSR count). The Kier molecular flexibility index (Phi) is 6.01. The Balaban J connectivity index is 2.03. The molecule has 2 heterocycles. The summed E-state index contributed by atoms with van der Waals surface area (Å²) in [5, 5.41) is 10.6. The number of carbonyl (C=O) groups excluding carboxylic acids is 2. The van der Waals surface area contributed by atoms with Crippen molar-refractivity contribution in [2.24, 2.45) is 5.92 Å². The van der Waals surface area contributed by atoms with E-state index >= 15 is 0 Å². The summed E-state index contributed by atoms with van der Waals surface area (Å²) in [6, 6.07) is 12.5. The lowest BCUT2D eigenvalue weighted by atomic mass is 9.92. The van der Waals surface area contributed by atoms with E-state index in [1.807, 2.05) is 69.2 Å². The van der Waals surface area contributed by atoms with Crippen LogP contribution in [0.3, 0.4) is 0 Å². The number of anilines is 1. The molecule has 1 unspecified atom stereocenters. The first kappa shape index (κ1) is 20.6. The largest absolute Gasteiger partial charge is 0.503 e. The Bertz CT molecular complexity index is 918. The maximum Gasteiger partial charge on any atom is 0.290 e. The molecule has 2 aromatic rings. The van der Waals surface area contributed by atoms with Crippen molar-refractivity contribution >= 4 is 17.4 Å². The Morgan fingerprint density at radius 1 is 1.17 bits per heavy atom. The number of rotatable bonds is 7. The third-order valence-corrected chi connectivity index (χ3v) is 4.98. The van der Waals surface area contributed by atoms with Crippen molar-refractivity contribution in [3.05, 3.63) is 71.3 Å². The minimum Gasteiger partial charge on any atom is -0.503 e. The normalized spacial score (nSPS) is 16.7. The number of carbonyl (C=O) groups is 2. The van der Waals surface area contributed by atoms with Crippen molar-refractivity contribution in [1.82, 2.24) is 9.88 Å². The average molecular weight is 393 g/mol. The highest BCUT2D eigenvalue weighted by Gasteiger charge is 2.43. The van der Waals surface area contributed by atoms with E-state index in [4.69, 9.17) is 0 Å². The van der Waals surface area contributed by atoms with Crippen LogP contribution in [0.25, 0.3) is 0 Å². The van der Waals surface area contributed by atoms with Gasteiger partial charge in [-0.3, -0.25) is 14.6 Å². The summed E-state index contributed by atoms with van der Waals surface area (Å²) < 4.78 is 0. The van der Waals surface area contributed by atoms with Crippen LogP contribution in [-0.2, 0) is 16.1 Å². The Hall–Kier alpha value is -3.15. The zero-order chi connectivity index (χ0) is 21.1. The van der Waals surface area contributed by atoms with Gasteiger partial charge in [0.25, 0.3) is 5.91 Å². The van der Waals surface area contributed by atoms with E-state index < -0.39 is 17.7 Å². The number of hydrogen-bond donors (Lipinski definition) is 1. The second-order valence-electron chi connectivity index (χ2n) is 7.93. The van der Waals surface area contributed by atoms with Gasteiger partial charge in [0.1, 0.15) is 0 Å². The van der Waals surface area contributed by atoms with Gasteiger partial charge in [-0.15, -0.1) is 0 Å². The number of aliphatic hydroxyl groups excluding tert-OH is 1. The highest BCUT2D eigenvalue weighted by molar-refractivity contribution is 6.09. The smallest absolute Gasteiger partial charge is 0.290 e. The van der Waals surface area contributed by atoms with Crippen LogP contribution in [-0.4, -0.2) is 40.8 Å². The predicted molar refractivity (Wildman–Crippen MR) is 112 cm³/mol. The van der Waals surface area contributed by atoms with Crippen LogP contribution in [0, 0.1) is 5.92 Å². The van der Waals surface area contributed by atoms with Crippen LogP contribution in [0.5, 0.6) is 0 Å². The second-order valence-corrected chi connectivity index (χ2v) is 7.93. The SMILES string of the molecule is CC(C)CC(=O)C1=C(O)C(=O)N(Cc2ccccn2)C1c1ccc(N(C)C)cc1. The van der Waals surface area contributed by atoms with Gasteiger partial charge in [-0.05, 0) is 35.7 Å². The number of aromatic nitrogens is 1. The molecule has 1 aliphatic rings. The molecule has 29 heavy (non-hydrogen) atoms. The minimum absolute atomic E-state index is 0.125. The highest BCUT2D eigenvalue weighted by Crippen LogP contribution is 2.39. The van der Waals surface area contributed by atoms with Gasteiger partial charge in [0.2, 0.25) is 0 Å². The highest BCUT2D eigenvalue weighted by atomic mass is 16.3. The number of aliphatic hydroxyl groups is 1. The first-order valence-electron chi connectivity index (χ1n) is 9.74. The molecular formula is C23H27N3O3. The van der Waals surface area contributed by atoms with Gasteiger partial charge in [0.05, 0.1) is 23.9 Å². The van der Waals surface area contributed by atoms with E-state index in [0.29, 0.717) is 5.69 Å². The molecule has 0 aliphatic carbocycles. The molecular weight excluding hydrogens is 366 g/mol. The molecule has 1 aromatic heterocycles. The number of Topliss-reactive ketones (excluding diaryl/α,β-unsaturated/α-hetero) is 1. The van der Waals surface area contributed by atoms with Crippen LogP contribution in [0.1, 0.15) is 37.6 Å². The molecule has 6 nitrogen and oxygen atoms in total. The summed E-state index contributed by atoms with van der Waals surface area (Å²) in [6.07, 6.45) is 1.94. The molecule has 6 heteroatoms. The van der Waals surface area contributed by atoms with Crippen molar-refractivity contribution in [2.75, 3.05) is 19.0 Å². The van der Waals surface area contributed by atoms with Crippen LogP contribution in [0.4, 0.5) is 5.69 Å². The second kappa shape index (κ2) is 8.47. The minimum atomic E-state index is -0.632. The van der Waals surface area contributed by atoms with Crippen LogP contribution >= 0.6 is 0 Å². The number of amides is 1. The Morgan fingerprint density at radius 3 is 2.41 bits per heavy atom. The molecule has 0 spiro atoms. The first-order valence-corrected chi connectivity index (χ1v) is 9.74. The fourth-order valence-corrected chi connectivity index (χ4v) is 3.55. The summed E-state index contributed by atoms with van der Waals surface area (Å²) in [5.41, 5.74) is 2.67. The van der Waals surface area contributed by atoms with Gasteiger partial charge in [-0.2, -0.15) is 0 Å². The van der Waals surface area contributed by atoms with E-state index in [0.717, 1.165) is 11.3 Å². The summed E-state index contributed by atoms with van der Waals surface area (Å²) in [5.74, 6) is -1.06. The number of pyridine rings is 1. The van der Waals surface area contributed by atoms with E-state index in [-0.39, 0.29) is 30.2 Å². The Labute approximate surface area is 171 Å². The lowest BCUT2D eigenvalue weighted by Crippen LogP contribution is -2.31. The number of benzene rings is 1. The molecule has 0 radical (unpaired) electrons. The lowest BCUT2D eigenvalue weighted by molar-refractivity contribution is -0.130. The maximum atomic E-state index is 12.9. The van der Waals surface area contributed by atoms with E-state index in [2.05, 4.69) is 4.98 Å². The lowest BCUT2D eigenvalue weighted by Gasteiger charge is -2.27. The molecule has 0 saturated carbocycles. The molecule has 0 bridgehead atoms. The van der Waals surface area contributed by atoms with Gasteiger partial charge < -0.3 is 14.9 Å². The number of nitrogens with zero attached hydrogens (tertiary/aromatic N) is 3. The van der Waals surface area contributed by atoms with E-state index in [9.17, 15) is 14.7 Å². The van der Waals surface area contributed by atoms with Crippen molar-refractivity contribution in [3.8, 4) is 0 Å². The van der Waals surface area contributed by atoms with Crippen LogP contribution in [0.15, 0.2) is 60.0 Å². The van der Waals surface area contributed by atoms with Crippen molar-refractivity contribution in [1.29, 1.82) is 0 Å². The van der Waals surface area contributed by atoms with Crippen molar-refractivity contribution < 1.29 is 14.7 Å². The number of ketones is 1. The summed E-state index contributed by atoms with van der Waals surface area (Å²) >= 11 is 0. The fourth-order valence-electron chi connectivity index (χ4n) is 3.55. The molecule has 1 N–H and O–H groups in total. The number of hydrogen-bond acceptors (Lipinski definition) is 5. The monoisotopic (exact) mass is 393 g/mol. The average Bonchev–Trinajstić information content (AvgIpc) is 2.93. The van der Waals surface area contributed by atoms with Gasteiger partial charge >= 0.3 is 0 Å². The predicted octanol–water partition coefficient (Wildman–Crippen LogP) is 3.66. The molecule has 0 saturated heterocycles. The van der Waals surface area contributed by atoms with Gasteiger partial charge in [-0.1, -0.05) is 32.0 Å². The summed E-state index contributed by atoms with van der Waals surface area (Å²) in [6.45, 7) is 4.10. The standard InChI is InChI=1S/C23H27N3O3/c1-15(2)13-19(27)20-21(16-8-10-18(11-9-16)25(3)4)26(23(29)22(20)28)14-17-7-5-6-12-24-17/h5-12,15,21,28H,13-14H2,1-4H3. The maximum absolute atomic E-state index is 12.9. The zero-order valence-corrected chi connectivity index (χ0v) is 17.3. The Morgan fingerprint density at radius 2 is 1.86 bits per heavy atom. The molecule has 0 fully saturated rings. The summed E-state index contributed by atoms with van der Waals surface area (Å²) in [4.78, 5) is 33.7. The summed E-state index contributed by atoms with van der Waals surface area (Å²) in [7, 11) is 3.90. The first-order chi connectivity index (χ1) is 13.8. The third kappa shape index (κ3) is 4.31. The topological polar surface area (TPSA) is 73.7 Å². The fraction of sp³-hybridized carbons (Fsp3) is 0.348.